The molecule has 0 aromatic heterocycles. The quantitative estimate of drug-likeness (QED) is 0.728. The van der Waals surface area contributed by atoms with Crippen LogP contribution in [-0.4, -0.2) is 47.6 Å². The number of halogens is 2. The molecule has 1 aliphatic heterocycles. The van der Waals surface area contributed by atoms with Crippen molar-refractivity contribution in [3.8, 4) is 0 Å². The van der Waals surface area contributed by atoms with Crippen LogP contribution < -0.4 is 0 Å². The van der Waals surface area contributed by atoms with E-state index in [4.69, 9.17) is 0 Å². The summed E-state index contributed by atoms with van der Waals surface area (Å²) in [5.41, 5.74) is 3.16. The van der Waals surface area contributed by atoms with Crippen molar-refractivity contribution in [1.82, 2.24) is 9.80 Å². The minimum Gasteiger partial charge on any atom is -0.336 e. The topological polar surface area (TPSA) is 23.6 Å². The molecule has 0 unspecified atom stereocenters. The maximum absolute atomic E-state index is 12.6. The number of nitrogens with zero attached hydrogens (tertiary/aromatic N) is 2. The predicted molar refractivity (Wildman–Crippen MR) is 101 cm³/mol. The molecule has 2 aromatic carbocycles. The van der Waals surface area contributed by atoms with Crippen molar-refractivity contribution in [1.29, 1.82) is 0 Å². The van der Waals surface area contributed by atoms with E-state index in [1.54, 1.807) is 24.3 Å². The fraction of sp³-hybridized carbons (Fsp3) is 0.350. The average Bonchev–Trinajstić information content (AvgIpc) is 2.64. The number of piperazine rings is 1. The summed E-state index contributed by atoms with van der Waals surface area (Å²) >= 11 is 0.492. The molecular weight excluding hydrogens is 354 g/mol. The van der Waals surface area contributed by atoms with E-state index < -0.39 is 5.76 Å². The molecule has 0 N–H and O–H groups in total. The first-order valence-corrected chi connectivity index (χ1v) is 9.52. The molecule has 1 amide bonds. The molecule has 6 heteroatoms. The van der Waals surface area contributed by atoms with E-state index in [2.05, 4.69) is 30.0 Å². The molecule has 138 valence electrons. The normalized spacial score (nSPS) is 15.5. The van der Waals surface area contributed by atoms with Gasteiger partial charge in [-0.1, -0.05) is 36.0 Å². The van der Waals surface area contributed by atoms with Gasteiger partial charge in [-0.05, 0) is 42.3 Å². The van der Waals surface area contributed by atoms with Gasteiger partial charge in [0.05, 0.1) is 0 Å². The monoisotopic (exact) mass is 376 g/mol. The number of aryl methyl sites for hydroxylation is 1. The Kier molecular flexibility index (Phi) is 6.27. The van der Waals surface area contributed by atoms with Crippen molar-refractivity contribution >= 4 is 17.7 Å². The molecule has 0 bridgehead atoms. The zero-order valence-electron chi connectivity index (χ0n) is 14.7. The van der Waals surface area contributed by atoms with Gasteiger partial charge in [0.15, 0.2) is 0 Å². The molecule has 1 saturated heterocycles. The summed E-state index contributed by atoms with van der Waals surface area (Å²) in [4.78, 5) is 17.3. The molecule has 3 rings (SSSR count). The first-order chi connectivity index (χ1) is 12.5. The van der Waals surface area contributed by atoms with E-state index in [0.717, 1.165) is 19.6 Å². The minimum absolute atomic E-state index is 0.0332. The van der Waals surface area contributed by atoms with Gasteiger partial charge in [-0.15, -0.1) is 0 Å². The smallest absolute Gasteiger partial charge is 0.288 e. The molecule has 0 saturated carbocycles. The second-order valence-electron chi connectivity index (χ2n) is 6.40. The van der Waals surface area contributed by atoms with Crippen LogP contribution in [0.15, 0.2) is 53.4 Å². The maximum Gasteiger partial charge on any atom is 0.288 e. The summed E-state index contributed by atoms with van der Waals surface area (Å²) in [7, 11) is 0. The Morgan fingerprint density at radius 3 is 2.31 bits per heavy atom. The van der Waals surface area contributed by atoms with Crippen LogP contribution in [0.5, 0.6) is 0 Å². The number of hydrogen-bond donors (Lipinski definition) is 0. The van der Waals surface area contributed by atoms with Crippen LogP contribution in [-0.2, 0) is 6.54 Å². The van der Waals surface area contributed by atoms with Gasteiger partial charge in [0, 0.05) is 43.2 Å². The molecular formula is C20H22F2N2OS. The van der Waals surface area contributed by atoms with Gasteiger partial charge in [-0.3, -0.25) is 9.69 Å². The van der Waals surface area contributed by atoms with Gasteiger partial charge < -0.3 is 4.90 Å². The van der Waals surface area contributed by atoms with E-state index in [9.17, 15) is 13.6 Å². The lowest BCUT2D eigenvalue weighted by molar-refractivity contribution is 0.0628. The van der Waals surface area contributed by atoms with Gasteiger partial charge >= 0.3 is 0 Å². The largest absolute Gasteiger partial charge is 0.336 e. The molecule has 26 heavy (non-hydrogen) atoms. The highest BCUT2D eigenvalue weighted by molar-refractivity contribution is 7.99. The van der Waals surface area contributed by atoms with Gasteiger partial charge in [-0.25, -0.2) is 0 Å². The van der Waals surface area contributed by atoms with Crippen LogP contribution in [0.4, 0.5) is 8.78 Å². The predicted octanol–water partition coefficient (Wildman–Crippen LogP) is 4.27. The Morgan fingerprint density at radius 2 is 1.69 bits per heavy atom. The van der Waals surface area contributed by atoms with E-state index in [-0.39, 0.29) is 5.91 Å². The van der Waals surface area contributed by atoms with Gasteiger partial charge in [0.25, 0.3) is 11.7 Å². The lowest BCUT2D eigenvalue weighted by Crippen LogP contribution is -2.48. The third-order valence-corrected chi connectivity index (χ3v) is 5.36. The average molecular weight is 376 g/mol. The summed E-state index contributed by atoms with van der Waals surface area (Å²) in [5.74, 6) is -2.48. The highest BCUT2D eigenvalue weighted by atomic mass is 32.2. The van der Waals surface area contributed by atoms with Gasteiger partial charge in [0.1, 0.15) is 0 Å². The summed E-state index contributed by atoms with van der Waals surface area (Å²) in [6, 6.07) is 14.8. The number of hydrogen-bond acceptors (Lipinski definition) is 3. The first kappa shape index (κ1) is 18.9. The summed E-state index contributed by atoms with van der Waals surface area (Å²) in [5, 5.41) is 0. The van der Waals surface area contributed by atoms with Crippen molar-refractivity contribution in [3.05, 3.63) is 65.2 Å². The Balaban J connectivity index is 1.54. The fourth-order valence-corrected chi connectivity index (χ4v) is 3.60. The van der Waals surface area contributed by atoms with E-state index in [1.165, 1.54) is 11.1 Å². The van der Waals surface area contributed by atoms with Crippen LogP contribution in [0, 0.1) is 6.92 Å². The molecule has 3 nitrogen and oxygen atoms in total. The van der Waals surface area contributed by atoms with E-state index in [1.807, 2.05) is 11.0 Å². The number of alkyl halides is 2. The number of thioether (sulfide) groups is 1. The Hall–Kier alpha value is -1.92. The van der Waals surface area contributed by atoms with Gasteiger partial charge in [-0.2, -0.15) is 8.78 Å². The zero-order chi connectivity index (χ0) is 18.5. The molecule has 0 atom stereocenters. The molecule has 1 heterocycles. The first-order valence-electron chi connectivity index (χ1n) is 8.64. The Labute approximate surface area is 157 Å². The minimum atomic E-state index is -2.45. The number of carbonyl (C=O) groups is 1. The second kappa shape index (κ2) is 8.64. The molecule has 1 aliphatic rings. The third-order valence-electron chi connectivity index (χ3n) is 4.64. The lowest BCUT2D eigenvalue weighted by atomic mass is 10.1. The zero-order valence-corrected chi connectivity index (χ0v) is 15.5. The van der Waals surface area contributed by atoms with E-state index in [0.29, 0.717) is 35.3 Å². The fourth-order valence-electron chi connectivity index (χ4n) is 3.10. The molecule has 1 fully saturated rings. The Morgan fingerprint density at radius 1 is 1.04 bits per heavy atom. The van der Waals surface area contributed by atoms with Gasteiger partial charge in [0.2, 0.25) is 0 Å². The van der Waals surface area contributed by atoms with Crippen molar-refractivity contribution in [3.63, 3.8) is 0 Å². The second-order valence-corrected chi connectivity index (χ2v) is 7.46. The maximum atomic E-state index is 12.6. The highest BCUT2D eigenvalue weighted by Gasteiger charge is 2.22. The Bertz CT molecular complexity index is 744. The summed E-state index contributed by atoms with van der Waals surface area (Å²) in [6.45, 7) is 6.04. The molecule has 0 aliphatic carbocycles. The molecule has 0 radical (unpaired) electrons. The summed E-state index contributed by atoms with van der Waals surface area (Å²) in [6.07, 6.45) is 0. The van der Waals surface area contributed by atoms with Crippen molar-refractivity contribution in [2.24, 2.45) is 0 Å². The third kappa shape index (κ3) is 4.83. The van der Waals surface area contributed by atoms with Crippen LogP contribution >= 0.6 is 11.8 Å². The van der Waals surface area contributed by atoms with Crippen molar-refractivity contribution < 1.29 is 13.6 Å². The SMILES string of the molecule is Cc1ccccc1CN1CCN(C(=O)c2ccc(SC(F)F)cc2)CC1. The molecule has 2 aromatic rings. The lowest BCUT2D eigenvalue weighted by Gasteiger charge is -2.35. The van der Waals surface area contributed by atoms with Crippen LogP contribution in [0.2, 0.25) is 0 Å². The number of carbonyl (C=O) groups excluding carboxylic acids is 1. The van der Waals surface area contributed by atoms with Crippen LogP contribution in [0.3, 0.4) is 0 Å². The number of benzene rings is 2. The number of amides is 1. The highest BCUT2D eigenvalue weighted by Crippen LogP contribution is 2.25. The molecule has 0 spiro atoms. The van der Waals surface area contributed by atoms with Crippen molar-refractivity contribution in [2.45, 2.75) is 24.1 Å². The van der Waals surface area contributed by atoms with Crippen molar-refractivity contribution in [2.75, 3.05) is 26.2 Å². The number of rotatable bonds is 5. The van der Waals surface area contributed by atoms with Crippen LogP contribution in [0.25, 0.3) is 0 Å². The van der Waals surface area contributed by atoms with Crippen LogP contribution in [0.1, 0.15) is 21.5 Å². The van der Waals surface area contributed by atoms with E-state index >= 15 is 0 Å². The standard InChI is InChI=1S/C20H22F2N2OS/c1-15-4-2-3-5-17(15)14-23-10-12-24(13-11-23)19(25)16-6-8-18(9-7-16)26-20(21)22/h2-9,20H,10-14H2,1H3. The summed E-state index contributed by atoms with van der Waals surface area (Å²) < 4.78 is 24.7.